The van der Waals surface area contributed by atoms with Crippen molar-refractivity contribution < 1.29 is 14.3 Å². The summed E-state index contributed by atoms with van der Waals surface area (Å²) in [4.78, 5) is 14.2. The summed E-state index contributed by atoms with van der Waals surface area (Å²) in [6.45, 7) is 4.69. The van der Waals surface area contributed by atoms with Crippen LogP contribution in [-0.4, -0.2) is 42.9 Å². The Bertz CT molecular complexity index is 522. The van der Waals surface area contributed by atoms with Gasteiger partial charge in [-0.05, 0) is 18.1 Å². The summed E-state index contributed by atoms with van der Waals surface area (Å²) in [6.07, 6.45) is 3.25. The Kier molecular flexibility index (Phi) is 4.08. The summed E-state index contributed by atoms with van der Waals surface area (Å²) in [5.74, 6) is -0.348. The zero-order valence-corrected chi connectivity index (χ0v) is 12.4. The summed E-state index contributed by atoms with van der Waals surface area (Å²) in [6, 6.07) is 9.98. The predicted molar refractivity (Wildman–Crippen MR) is 80.5 cm³/mol. The van der Waals surface area contributed by atoms with Gasteiger partial charge in [0.05, 0.1) is 13.2 Å². The third kappa shape index (κ3) is 3.17. The van der Waals surface area contributed by atoms with E-state index in [1.165, 1.54) is 0 Å². The van der Waals surface area contributed by atoms with E-state index < -0.39 is 5.79 Å². The molecule has 4 nitrogen and oxygen atoms in total. The number of carbonyl (C=O) groups is 1. The monoisotopic (exact) mass is 287 g/mol. The Morgan fingerprint density at radius 1 is 1.14 bits per heavy atom. The highest BCUT2D eigenvalue weighted by molar-refractivity contribution is 5.94. The van der Waals surface area contributed by atoms with Gasteiger partial charge in [-0.1, -0.05) is 30.3 Å². The topological polar surface area (TPSA) is 38.8 Å². The molecular weight excluding hydrogens is 266 g/mol. The average Bonchev–Trinajstić information content (AvgIpc) is 2.97. The molecule has 21 heavy (non-hydrogen) atoms. The zero-order chi connectivity index (χ0) is 14.7. The second-order valence-corrected chi connectivity index (χ2v) is 5.63. The Morgan fingerprint density at radius 2 is 1.76 bits per heavy atom. The van der Waals surface area contributed by atoms with E-state index in [4.69, 9.17) is 9.47 Å². The summed E-state index contributed by atoms with van der Waals surface area (Å²) in [5.41, 5.74) is 2.08. The molecule has 0 aliphatic carbocycles. The molecule has 2 saturated heterocycles. The first kappa shape index (κ1) is 14.3. The van der Waals surface area contributed by atoms with Crippen molar-refractivity contribution >= 4 is 11.5 Å². The van der Waals surface area contributed by atoms with Crippen LogP contribution in [0.1, 0.15) is 25.3 Å². The lowest BCUT2D eigenvalue weighted by molar-refractivity contribution is -0.186. The third-order valence-corrected chi connectivity index (χ3v) is 4.22. The first-order valence-electron chi connectivity index (χ1n) is 7.49. The van der Waals surface area contributed by atoms with Crippen molar-refractivity contribution in [3.05, 3.63) is 42.0 Å². The maximum absolute atomic E-state index is 12.4. The van der Waals surface area contributed by atoms with Crippen LogP contribution in [-0.2, 0) is 14.3 Å². The second-order valence-electron chi connectivity index (χ2n) is 5.63. The number of rotatable bonds is 2. The maximum atomic E-state index is 12.4. The number of carbonyl (C=O) groups excluding carboxylic acids is 1. The van der Waals surface area contributed by atoms with Gasteiger partial charge in [-0.15, -0.1) is 0 Å². The van der Waals surface area contributed by atoms with Crippen LogP contribution in [0.5, 0.6) is 0 Å². The van der Waals surface area contributed by atoms with Crippen LogP contribution in [0.4, 0.5) is 0 Å². The summed E-state index contributed by atoms with van der Waals surface area (Å²) in [5, 5.41) is 0. The second kappa shape index (κ2) is 6.00. The SMILES string of the molecule is C/C(=C\C(=O)N1CCC2(CC1)OCCO2)c1ccccc1. The lowest BCUT2D eigenvalue weighted by Gasteiger charge is -2.37. The molecule has 0 atom stereocenters. The molecule has 2 aliphatic rings. The van der Waals surface area contributed by atoms with Gasteiger partial charge in [0, 0.05) is 32.0 Å². The van der Waals surface area contributed by atoms with E-state index in [0.29, 0.717) is 26.3 Å². The van der Waals surface area contributed by atoms with Crippen molar-refractivity contribution in [2.75, 3.05) is 26.3 Å². The minimum Gasteiger partial charge on any atom is -0.347 e. The molecule has 2 heterocycles. The molecule has 2 fully saturated rings. The lowest BCUT2D eigenvalue weighted by atomic mass is 10.0. The molecule has 2 aliphatic heterocycles. The van der Waals surface area contributed by atoms with Crippen molar-refractivity contribution in [3.8, 4) is 0 Å². The Morgan fingerprint density at radius 3 is 2.38 bits per heavy atom. The number of likely N-dealkylation sites (tertiary alicyclic amines) is 1. The highest BCUT2D eigenvalue weighted by atomic mass is 16.7. The fourth-order valence-corrected chi connectivity index (χ4v) is 2.91. The van der Waals surface area contributed by atoms with Crippen molar-refractivity contribution in [2.24, 2.45) is 0 Å². The number of hydrogen-bond acceptors (Lipinski definition) is 3. The van der Waals surface area contributed by atoms with E-state index >= 15 is 0 Å². The molecule has 112 valence electrons. The van der Waals surface area contributed by atoms with Crippen LogP contribution in [0, 0.1) is 0 Å². The van der Waals surface area contributed by atoms with Crippen LogP contribution in [0.15, 0.2) is 36.4 Å². The van der Waals surface area contributed by atoms with Gasteiger partial charge in [-0.25, -0.2) is 0 Å². The zero-order valence-electron chi connectivity index (χ0n) is 12.4. The minimum absolute atomic E-state index is 0.0733. The number of hydrogen-bond donors (Lipinski definition) is 0. The van der Waals surface area contributed by atoms with Crippen molar-refractivity contribution in [3.63, 3.8) is 0 Å². The van der Waals surface area contributed by atoms with Gasteiger partial charge in [0.2, 0.25) is 5.91 Å². The molecule has 1 aromatic rings. The normalized spacial score (nSPS) is 21.8. The fourth-order valence-electron chi connectivity index (χ4n) is 2.91. The molecule has 1 spiro atoms. The van der Waals surface area contributed by atoms with Crippen LogP contribution >= 0.6 is 0 Å². The molecule has 0 saturated carbocycles. The molecule has 0 bridgehead atoms. The van der Waals surface area contributed by atoms with E-state index in [0.717, 1.165) is 24.0 Å². The number of nitrogens with zero attached hydrogens (tertiary/aromatic N) is 1. The highest BCUT2D eigenvalue weighted by Crippen LogP contribution is 2.31. The van der Waals surface area contributed by atoms with Crippen LogP contribution in [0.25, 0.3) is 5.57 Å². The molecule has 4 heteroatoms. The molecule has 0 aromatic heterocycles. The summed E-state index contributed by atoms with van der Waals surface area (Å²) >= 11 is 0. The quantitative estimate of drug-likeness (QED) is 0.784. The standard InChI is InChI=1S/C17H21NO3/c1-14(15-5-3-2-4-6-15)13-16(19)18-9-7-17(8-10-18)20-11-12-21-17/h2-6,13H,7-12H2,1H3/b14-13+. The van der Waals surface area contributed by atoms with Crippen LogP contribution < -0.4 is 0 Å². The average molecular weight is 287 g/mol. The van der Waals surface area contributed by atoms with Crippen LogP contribution in [0.3, 0.4) is 0 Å². The fraction of sp³-hybridized carbons (Fsp3) is 0.471. The highest BCUT2D eigenvalue weighted by Gasteiger charge is 2.40. The first-order valence-corrected chi connectivity index (χ1v) is 7.49. The van der Waals surface area contributed by atoms with E-state index in [9.17, 15) is 4.79 Å². The smallest absolute Gasteiger partial charge is 0.246 e. The van der Waals surface area contributed by atoms with Gasteiger partial charge >= 0.3 is 0 Å². The Hall–Kier alpha value is -1.65. The first-order chi connectivity index (χ1) is 10.2. The number of benzene rings is 1. The lowest BCUT2D eigenvalue weighted by Crippen LogP contribution is -2.46. The molecule has 0 radical (unpaired) electrons. The summed E-state index contributed by atoms with van der Waals surface area (Å²) in [7, 11) is 0. The van der Waals surface area contributed by atoms with Crippen molar-refractivity contribution in [1.29, 1.82) is 0 Å². The van der Waals surface area contributed by atoms with E-state index in [1.807, 2.05) is 42.2 Å². The van der Waals surface area contributed by atoms with Gasteiger partial charge in [0.25, 0.3) is 0 Å². The van der Waals surface area contributed by atoms with Gasteiger partial charge in [-0.3, -0.25) is 4.79 Å². The maximum Gasteiger partial charge on any atom is 0.246 e. The van der Waals surface area contributed by atoms with Crippen molar-refractivity contribution in [2.45, 2.75) is 25.6 Å². The number of piperidine rings is 1. The number of ether oxygens (including phenoxy) is 2. The third-order valence-electron chi connectivity index (χ3n) is 4.22. The number of allylic oxidation sites excluding steroid dienone is 1. The molecule has 3 rings (SSSR count). The largest absolute Gasteiger partial charge is 0.347 e. The van der Waals surface area contributed by atoms with E-state index in [1.54, 1.807) is 6.08 Å². The van der Waals surface area contributed by atoms with Gasteiger partial charge in [0.15, 0.2) is 5.79 Å². The molecular formula is C17H21NO3. The Balaban J connectivity index is 1.62. The number of amides is 1. The minimum atomic E-state index is -0.422. The molecule has 0 unspecified atom stereocenters. The Labute approximate surface area is 125 Å². The van der Waals surface area contributed by atoms with Crippen molar-refractivity contribution in [1.82, 2.24) is 4.90 Å². The predicted octanol–water partition coefficient (Wildman–Crippen LogP) is 2.46. The van der Waals surface area contributed by atoms with Gasteiger partial charge < -0.3 is 14.4 Å². The van der Waals surface area contributed by atoms with Gasteiger partial charge in [-0.2, -0.15) is 0 Å². The molecule has 1 amide bonds. The summed E-state index contributed by atoms with van der Waals surface area (Å²) < 4.78 is 11.4. The van der Waals surface area contributed by atoms with E-state index in [2.05, 4.69) is 0 Å². The van der Waals surface area contributed by atoms with Crippen LogP contribution in [0.2, 0.25) is 0 Å². The molecule has 1 aromatic carbocycles. The molecule has 0 N–H and O–H groups in total. The van der Waals surface area contributed by atoms with E-state index in [-0.39, 0.29) is 5.91 Å². The van der Waals surface area contributed by atoms with Gasteiger partial charge in [0.1, 0.15) is 0 Å².